The number of carbonyl (C=O) groups excluding carboxylic acids is 2. The molecule has 1 saturated heterocycles. The van der Waals surface area contributed by atoms with Gasteiger partial charge in [0.25, 0.3) is 0 Å². The Labute approximate surface area is 139 Å². The van der Waals surface area contributed by atoms with Crippen LogP contribution in [0.4, 0.5) is 0 Å². The summed E-state index contributed by atoms with van der Waals surface area (Å²) in [4.78, 5) is 27.0. The van der Waals surface area contributed by atoms with Gasteiger partial charge in [0, 0.05) is 31.5 Å². The highest BCUT2D eigenvalue weighted by atomic mass is 16.5. The molecule has 0 aromatic rings. The van der Waals surface area contributed by atoms with Gasteiger partial charge in [-0.05, 0) is 44.9 Å². The summed E-state index contributed by atoms with van der Waals surface area (Å²) >= 11 is 0. The standard InChI is InChI=1S/C18H30N2O3/c1-23-13-18(9-3-4-10-18)12-19-16(21)15-6-2-5-11-20(15)17(22)14-7-8-14/h14-15H,2-13H2,1H3,(H,19,21)/t15-/m0/s1. The lowest BCUT2D eigenvalue weighted by Crippen LogP contribution is -2.54. The Kier molecular flexibility index (Phi) is 5.24. The second-order valence-electron chi connectivity index (χ2n) is 7.68. The van der Waals surface area contributed by atoms with Crippen LogP contribution in [0.5, 0.6) is 0 Å². The van der Waals surface area contributed by atoms with Crippen molar-refractivity contribution in [2.75, 3.05) is 26.8 Å². The zero-order chi connectivity index (χ0) is 16.3. The summed E-state index contributed by atoms with van der Waals surface area (Å²) in [6, 6.07) is -0.252. The van der Waals surface area contributed by atoms with Crippen LogP contribution in [0.15, 0.2) is 0 Å². The van der Waals surface area contributed by atoms with E-state index in [0.717, 1.165) is 51.5 Å². The van der Waals surface area contributed by atoms with Crippen LogP contribution in [0.2, 0.25) is 0 Å². The fourth-order valence-electron chi connectivity index (χ4n) is 4.23. The highest BCUT2D eigenvalue weighted by Gasteiger charge is 2.40. The minimum Gasteiger partial charge on any atom is -0.384 e. The van der Waals surface area contributed by atoms with Crippen molar-refractivity contribution < 1.29 is 14.3 Å². The number of nitrogens with one attached hydrogen (secondary N) is 1. The molecule has 1 atom stereocenters. The Morgan fingerprint density at radius 2 is 1.87 bits per heavy atom. The van der Waals surface area contributed by atoms with E-state index in [1.54, 1.807) is 7.11 Å². The minimum atomic E-state index is -0.252. The van der Waals surface area contributed by atoms with Gasteiger partial charge in [-0.1, -0.05) is 12.8 Å². The predicted molar refractivity (Wildman–Crippen MR) is 87.9 cm³/mol. The molecule has 5 nitrogen and oxygen atoms in total. The molecule has 5 heteroatoms. The number of hydrogen-bond acceptors (Lipinski definition) is 3. The molecule has 0 spiro atoms. The van der Waals surface area contributed by atoms with Crippen LogP contribution in [0.3, 0.4) is 0 Å². The smallest absolute Gasteiger partial charge is 0.242 e. The number of methoxy groups -OCH3 is 1. The quantitative estimate of drug-likeness (QED) is 0.815. The van der Waals surface area contributed by atoms with Gasteiger partial charge in [0.2, 0.25) is 11.8 Å². The van der Waals surface area contributed by atoms with Crippen LogP contribution < -0.4 is 5.32 Å². The van der Waals surface area contributed by atoms with Gasteiger partial charge in [-0.25, -0.2) is 0 Å². The van der Waals surface area contributed by atoms with Gasteiger partial charge in [0.15, 0.2) is 0 Å². The predicted octanol–water partition coefficient (Wildman–Crippen LogP) is 2.10. The largest absolute Gasteiger partial charge is 0.384 e. The minimum absolute atomic E-state index is 0.0427. The summed E-state index contributed by atoms with van der Waals surface area (Å²) in [5, 5.41) is 3.15. The van der Waals surface area contributed by atoms with E-state index in [1.165, 1.54) is 12.8 Å². The van der Waals surface area contributed by atoms with E-state index in [1.807, 2.05) is 4.90 Å². The van der Waals surface area contributed by atoms with Gasteiger partial charge in [0.1, 0.15) is 6.04 Å². The molecule has 1 aliphatic heterocycles. The molecule has 0 unspecified atom stereocenters. The first-order valence-corrected chi connectivity index (χ1v) is 9.22. The molecule has 3 aliphatic rings. The van der Waals surface area contributed by atoms with E-state index in [4.69, 9.17) is 4.74 Å². The number of nitrogens with zero attached hydrogens (tertiary/aromatic N) is 1. The van der Waals surface area contributed by atoms with Crippen molar-refractivity contribution in [3.05, 3.63) is 0 Å². The molecule has 3 rings (SSSR count). The van der Waals surface area contributed by atoms with Gasteiger partial charge in [-0.15, -0.1) is 0 Å². The van der Waals surface area contributed by atoms with Crippen molar-refractivity contribution in [1.82, 2.24) is 10.2 Å². The molecule has 2 amide bonds. The molecule has 0 radical (unpaired) electrons. The molecular weight excluding hydrogens is 292 g/mol. The number of hydrogen-bond donors (Lipinski definition) is 1. The van der Waals surface area contributed by atoms with Crippen molar-refractivity contribution in [2.45, 2.75) is 63.8 Å². The second kappa shape index (κ2) is 7.20. The zero-order valence-electron chi connectivity index (χ0n) is 14.3. The summed E-state index contributed by atoms with van der Waals surface area (Å²) in [6.07, 6.45) is 9.55. The second-order valence-corrected chi connectivity index (χ2v) is 7.68. The monoisotopic (exact) mass is 322 g/mol. The Morgan fingerprint density at radius 1 is 1.13 bits per heavy atom. The van der Waals surface area contributed by atoms with Gasteiger partial charge in [-0.3, -0.25) is 9.59 Å². The molecule has 130 valence electrons. The summed E-state index contributed by atoms with van der Waals surface area (Å²) < 4.78 is 5.39. The molecule has 3 fully saturated rings. The van der Waals surface area contributed by atoms with Crippen LogP contribution in [0.1, 0.15) is 57.8 Å². The van der Waals surface area contributed by atoms with Gasteiger partial charge in [0.05, 0.1) is 6.61 Å². The Morgan fingerprint density at radius 3 is 2.52 bits per heavy atom. The first-order valence-electron chi connectivity index (χ1n) is 9.22. The van der Waals surface area contributed by atoms with E-state index in [-0.39, 0.29) is 29.2 Å². The number of ether oxygens (including phenoxy) is 1. The lowest BCUT2D eigenvalue weighted by Gasteiger charge is -2.36. The van der Waals surface area contributed by atoms with E-state index in [2.05, 4.69) is 5.32 Å². The zero-order valence-corrected chi connectivity index (χ0v) is 14.3. The summed E-state index contributed by atoms with van der Waals surface area (Å²) in [5.74, 6) is 0.441. The van der Waals surface area contributed by atoms with E-state index >= 15 is 0 Å². The maximum absolute atomic E-state index is 12.7. The van der Waals surface area contributed by atoms with Crippen molar-refractivity contribution >= 4 is 11.8 Å². The number of likely N-dealkylation sites (tertiary alicyclic amines) is 1. The first kappa shape index (κ1) is 16.7. The number of carbonyl (C=O) groups is 2. The van der Waals surface area contributed by atoms with Gasteiger partial charge >= 0.3 is 0 Å². The van der Waals surface area contributed by atoms with Crippen molar-refractivity contribution in [3.63, 3.8) is 0 Å². The van der Waals surface area contributed by atoms with Crippen molar-refractivity contribution in [1.29, 1.82) is 0 Å². The fraction of sp³-hybridized carbons (Fsp3) is 0.889. The Balaban J connectivity index is 1.58. The maximum atomic E-state index is 12.7. The SMILES string of the molecule is COCC1(CNC(=O)[C@@H]2CCCCN2C(=O)C2CC2)CCCC1. The molecule has 2 saturated carbocycles. The van der Waals surface area contributed by atoms with Crippen LogP contribution in [0, 0.1) is 11.3 Å². The number of piperidine rings is 1. The summed E-state index contributed by atoms with van der Waals surface area (Å²) in [5.41, 5.74) is 0.102. The molecule has 0 bridgehead atoms. The lowest BCUT2D eigenvalue weighted by atomic mass is 9.87. The van der Waals surface area contributed by atoms with Gasteiger partial charge in [-0.2, -0.15) is 0 Å². The third-order valence-electron chi connectivity index (χ3n) is 5.77. The third kappa shape index (κ3) is 3.87. The summed E-state index contributed by atoms with van der Waals surface area (Å²) in [6.45, 7) is 2.14. The van der Waals surface area contributed by atoms with E-state index < -0.39 is 0 Å². The topological polar surface area (TPSA) is 58.6 Å². The van der Waals surface area contributed by atoms with Crippen LogP contribution >= 0.6 is 0 Å². The molecule has 2 aliphatic carbocycles. The molecule has 23 heavy (non-hydrogen) atoms. The number of rotatable bonds is 6. The highest BCUT2D eigenvalue weighted by molar-refractivity contribution is 5.89. The van der Waals surface area contributed by atoms with E-state index in [9.17, 15) is 9.59 Å². The third-order valence-corrected chi connectivity index (χ3v) is 5.77. The average molecular weight is 322 g/mol. The normalized spacial score (nSPS) is 27.0. The molecule has 1 N–H and O–H groups in total. The van der Waals surface area contributed by atoms with Crippen LogP contribution in [-0.2, 0) is 14.3 Å². The van der Waals surface area contributed by atoms with Gasteiger partial charge < -0.3 is 15.0 Å². The Bertz CT molecular complexity index is 442. The van der Waals surface area contributed by atoms with Crippen molar-refractivity contribution in [3.8, 4) is 0 Å². The van der Waals surface area contributed by atoms with Crippen LogP contribution in [-0.4, -0.2) is 49.6 Å². The molecule has 1 heterocycles. The van der Waals surface area contributed by atoms with Crippen LogP contribution in [0.25, 0.3) is 0 Å². The maximum Gasteiger partial charge on any atom is 0.242 e. The van der Waals surface area contributed by atoms with E-state index in [0.29, 0.717) is 13.2 Å². The average Bonchev–Trinajstić information content (AvgIpc) is 3.33. The summed E-state index contributed by atoms with van der Waals surface area (Å²) in [7, 11) is 1.74. The molecule has 0 aromatic carbocycles. The fourth-order valence-corrected chi connectivity index (χ4v) is 4.23. The highest BCUT2D eigenvalue weighted by Crippen LogP contribution is 2.38. The van der Waals surface area contributed by atoms with Crippen molar-refractivity contribution in [2.24, 2.45) is 11.3 Å². The lowest BCUT2D eigenvalue weighted by molar-refractivity contribution is -0.143. The Hall–Kier alpha value is -1.10. The number of amides is 2. The molecular formula is C18H30N2O3. The first-order chi connectivity index (χ1) is 11.2. The molecule has 0 aromatic heterocycles.